The first kappa shape index (κ1) is 16.9. The smallest absolute Gasteiger partial charge is 0.260 e. The van der Waals surface area contributed by atoms with E-state index in [9.17, 15) is 14.4 Å². The van der Waals surface area contributed by atoms with E-state index in [0.29, 0.717) is 6.54 Å². The van der Waals surface area contributed by atoms with Crippen molar-refractivity contribution >= 4 is 11.8 Å². The highest BCUT2D eigenvalue weighted by molar-refractivity contribution is 5.99. The first-order valence-electron chi connectivity index (χ1n) is 8.22. The maximum atomic E-state index is 12.6. The molecule has 0 atom stereocenters. The second-order valence-corrected chi connectivity index (χ2v) is 6.25. The van der Waals surface area contributed by atoms with Gasteiger partial charge in [0.1, 0.15) is 5.56 Å². The van der Waals surface area contributed by atoms with Crippen LogP contribution in [0.3, 0.4) is 0 Å². The van der Waals surface area contributed by atoms with Crippen LogP contribution < -0.4 is 10.9 Å². The van der Waals surface area contributed by atoms with Crippen molar-refractivity contribution in [1.82, 2.24) is 20.2 Å². The summed E-state index contributed by atoms with van der Waals surface area (Å²) < 4.78 is 0. The molecule has 25 heavy (non-hydrogen) atoms. The Hall–Kier alpha value is -2.96. The fourth-order valence-electron chi connectivity index (χ4n) is 2.63. The van der Waals surface area contributed by atoms with E-state index in [-0.39, 0.29) is 23.1 Å². The molecule has 0 bridgehead atoms. The first-order chi connectivity index (χ1) is 12.0. The van der Waals surface area contributed by atoms with Crippen LogP contribution in [0.5, 0.6) is 0 Å². The van der Waals surface area contributed by atoms with Gasteiger partial charge in [-0.25, -0.2) is 0 Å². The Balaban J connectivity index is 1.75. The van der Waals surface area contributed by atoms with Gasteiger partial charge in [0, 0.05) is 38.2 Å². The summed E-state index contributed by atoms with van der Waals surface area (Å²) in [5, 5.41) is 2.89. The number of carbonyl (C=O) groups excluding carboxylic acids is 2. The number of aromatic nitrogens is 2. The molecule has 3 rings (SSSR count). The van der Waals surface area contributed by atoms with E-state index in [4.69, 9.17) is 0 Å². The second kappa shape index (κ2) is 7.29. The molecule has 0 unspecified atom stereocenters. The van der Waals surface area contributed by atoms with E-state index in [1.54, 1.807) is 31.6 Å². The summed E-state index contributed by atoms with van der Waals surface area (Å²) in [4.78, 5) is 44.7. The van der Waals surface area contributed by atoms with Crippen LogP contribution in [0.1, 0.15) is 45.5 Å². The maximum absolute atomic E-state index is 12.6. The zero-order valence-corrected chi connectivity index (χ0v) is 14.0. The van der Waals surface area contributed by atoms with Crippen LogP contribution in [-0.4, -0.2) is 39.8 Å². The fourth-order valence-corrected chi connectivity index (χ4v) is 2.63. The van der Waals surface area contributed by atoms with Crippen molar-refractivity contribution in [2.45, 2.75) is 31.8 Å². The van der Waals surface area contributed by atoms with Crippen LogP contribution in [0.15, 0.2) is 41.6 Å². The number of amides is 2. The molecule has 1 aliphatic carbocycles. The Labute approximate surface area is 145 Å². The van der Waals surface area contributed by atoms with Gasteiger partial charge in [-0.1, -0.05) is 0 Å². The molecular weight excluding hydrogens is 320 g/mol. The van der Waals surface area contributed by atoms with Gasteiger partial charge < -0.3 is 15.2 Å². The zero-order valence-electron chi connectivity index (χ0n) is 14.0. The van der Waals surface area contributed by atoms with E-state index in [1.165, 1.54) is 17.2 Å². The van der Waals surface area contributed by atoms with Crippen LogP contribution in [0.4, 0.5) is 0 Å². The van der Waals surface area contributed by atoms with E-state index in [0.717, 1.165) is 24.8 Å². The summed E-state index contributed by atoms with van der Waals surface area (Å²) in [5.41, 5.74) is 0.637. The highest BCUT2D eigenvalue weighted by atomic mass is 16.2. The monoisotopic (exact) mass is 340 g/mol. The molecule has 0 aliphatic heterocycles. The third-order valence-electron chi connectivity index (χ3n) is 4.35. The number of rotatable bonds is 5. The van der Waals surface area contributed by atoms with Crippen LogP contribution in [-0.2, 0) is 6.54 Å². The molecule has 0 spiro atoms. The number of aromatic amines is 1. The van der Waals surface area contributed by atoms with Gasteiger partial charge >= 0.3 is 0 Å². The third kappa shape index (κ3) is 3.93. The van der Waals surface area contributed by atoms with Gasteiger partial charge in [-0.05, 0) is 43.0 Å². The standard InChI is InChI=1S/C18H20N4O3/c1-22(11-12-5-7-19-8-6-12)18(25)15-9-13(10-20-17(15)24)16(23)21-14-3-2-4-14/h5-10,14H,2-4,11H2,1H3,(H,20,24)(H,21,23). The zero-order chi connectivity index (χ0) is 17.8. The van der Waals surface area contributed by atoms with Gasteiger partial charge in [-0.15, -0.1) is 0 Å². The minimum atomic E-state index is -0.508. The largest absolute Gasteiger partial charge is 0.349 e. The Morgan fingerprint density at radius 2 is 2.04 bits per heavy atom. The number of H-pyrrole nitrogens is 1. The number of hydrogen-bond acceptors (Lipinski definition) is 4. The van der Waals surface area contributed by atoms with Crippen molar-refractivity contribution in [1.29, 1.82) is 0 Å². The van der Waals surface area contributed by atoms with Crippen molar-refractivity contribution in [3.05, 3.63) is 63.8 Å². The number of carbonyl (C=O) groups is 2. The maximum Gasteiger partial charge on any atom is 0.260 e. The summed E-state index contributed by atoms with van der Waals surface area (Å²) in [6, 6.07) is 5.15. The summed E-state index contributed by atoms with van der Waals surface area (Å²) in [7, 11) is 1.61. The summed E-state index contributed by atoms with van der Waals surface area (Å²) in [5.74, 6) is -0.705. The summed E-state index contributed by atoms with van der Waals surface area (Å²) in [6.45, 7) is 0.347. The molecule has 130 valence electrons. The minimum Gasteiger partial charge on any atom is -0.349 e. The van der Waals surface area contributed by atoms with E-state index < -0.39 is 11.5 Å². The lowest BCUT2D eigenvalue weighted by Gasteiger charge is -2.26. The highest BCUT2D eigenvalue weighted by Gasteiger charge is 2.22. The summed E-state index contributed by atoms with van der Waals surface area (Å²) in [6.07, 6.45) is 7.68. The average molecular weight is 340 g/mol. The Morgan fingerprint density at radius 1 is 1.32 bits per heavy atom. The van der Waals surface area contributed by atoms with Crippen molar-refractivity contribution < 1.29 is 9.59 Å². The van der Waals surface area contributed by atoms with Crippen LogP contribution in [0, 0.1) is 0 Å². The predicted molar refractivity (Wildman–Crippen MR) is 92.2 cm³/mol. The molecule has 1 saturated carbocycles. The highest BCUT2D eigenvalue weighted by Crippen LogP contribution is 2.18. The molecule has 7 heteroatoms. The second-order valence-electron chi connectivity index (χ2n) is 6.25. The predicted octanol–water partition coefficient (Wildman–Crippen LogP) is 1.32. The Morgan fingerprint density at radius 3 is 2.68 bits per heavy atom. The van der Waals surface area contributed by atoms with Gasteiger partial charge in [0.15, 0.2) is 0 Å². The van der Waals surface area contributed by atoms with E-state index in [1.807, 2.05) is 0 Å². The lowest BCUT2D eigenvalue weighted by atomic mass is 9.93. The molecule has 2 heterocycles. The third-order valence-corrected chi connectivity index (χ3v) is 4.35. The van der Waals surface area contributed by atoms with Gasteiger partial charge in [0.25, 0.3) is 17.4 Å². The molecule has 7 nitrogen and oxygen atoms in total. The topological polar surface area (TPSA) is 95.2 Å². The van der Waals surface area contributed by atoms with E-state index in [2.05, 4.69) is 15.3 Å². The van der Waals surface area contributed by atoms with Gasteiger partial charge in [-0.3, -0.25) is 19.4 Å². The molecule has 2 aromatic heterocycles. The van der Waals surface area contributed by atoms with Gasteiger partial charge in [0.05, 0.1) is 5.56 Å². The van der Waals surface area contributed by atoms with E-state index >= 15 is 0 Å². The minimum absolute atomic E-state index is 0.0437. The SMILES string of the molecule is CN(Cc1ccncc1)C(=O)c1cc(C(=O)NC2CCC2)c[nH]c1=O. The lowest BCUT2D eigenvalue weighted by Crippen LogP contribution is -2.40. The molecule has 1 aliphatic rings. The van der Waals surface area contributed by atoms with Gasteiger partial charge in [-0.2, -0.15) is 0 Å². The molecule has 0 saturated heterocycles. The van der Waals surface area contributed by atoms with Crippen molar-refractivity contribution in [3.63, 3.8) is 0 Å². The molecule has 2 N–H and O–H groups in total. The fraction of sp³-hybridized carbons (Fsp3) is 0.333. The quantitative estimate of drug-likeness (QED) is 0.858. The van der Waals surface area contributed by atoms with Crippen LogP contribution >= 0.6 is 0 Å². The van der Waals surface area contributed by atoms with Gasteiger partial charge in [0.2, 0.25) is 0 Å². The number of pyridine rings is 2. The molecule has 0 radical (unpaired) electrons. The van der Waals surface area contributed by atoms with Crippen LogP contribution in [0.2, 0.25) is 0 Å². The van der Waals surface area contributed by atoms with Crippen molar-refractivity contribution in [2.24, 2.45) is 0 Å². The Bertz CT molecular complexity index is 828. The molecular formula is C18H20N4O3. The van der Waals surface area contributed by atoms with Crippen molar-refractivity contribution in [2.75, 3.05) is 7.05 Å². The molecule has 2 aromatic rings. The normalized spacial score (nSPS) is 13.8. The first-order valence-corrected chi connectivity index (χ1v) is 8.22. The average Bonchev–Trinajstić information content (AvgIpc) is 2.58. The lowest BCUT2D eigenvalue weighted by molar-refractivity contribution is 0.0783. The number of nitrogens with zero attached hydrogens (tertiary/aromatic N) is 2. The number of hydrogen-bond donors (Lipinski definition) is 2. The molecule has 1 fully saturated rings. The Kier molecular flexibility index (Phi) is 4.92. The number of nitrogens with one attached hydrogen (secondary N) is 2. The van der Waals surface area contributed by atoms with Crippen molar-refractivity contribution in [3.8, 4) is 0 Å². The molecule has 0 aromatic carbocycles. The molecule has 2 amide bonds. The van der Waals surface area contributed by atoms with Crippen LogP contribution in [0.25, 0.3) is 0 Å². The summed E-state index contributed by atoms with van der Waals surface area (Å²) >= 11 is 0.